The molecule has 2 aliphatic heterocycles. The Balaban J connectivity index is 2.06. The minimum absolute atomic E-state index is 0.0820. The number of alkyl halides is 3. The summed E-state index contributed by atoms with van der Waals surface area (Å²) in [4.78, 5) is 17.6. The van der Waals surface area contributed by atoms with Crippen LogP contribution in [0.25, 0.3) is 0 Å². The number of nitrogens with one attached hydrogen (secondary N) is 1. The Morgan fingerprint density at radius 3 is 2.94 bits per heavy atom. The number of halogens is 3. The van der Waals surface area contributed by atoms with Crippen molar-refractivity contribution in [1.82, 2.24) is 10.3 Å². The highest BCUT2D eigenvalue weighted by Crippen LogP contribution is 2.36. The van der Waals surface area contributed by atoms with Gasteiger partial charge in [-0.3, -0.25) is 4.79 Å². The zero-order valence-corrected chi connectivity index (χ0v) is 9.29. The normalized spacial score (nSPS) is 22.9. The largest absolute Gasteiger partial charge is 0.417 e. The van der Waals surface area contributed by atoms with Gasteiger partial charge in [-0.1, -0.05) is 0 Å². The molecule has 2 aliphatic rings. The summed E-state index contributed by atoms with van der Waals surface area (Å²) in [5.41, 5.74) is -0.791. The Labute approximate surface area is 101 Å². The van der Waals surface area contributed by atoms with Gasteiger partial charge in [-0.2, -0.15) is 13.2 Å². The molecule has 0 saturated carbocycles. The number of carbonyl (C=O) groups is 1. The summed E-state index contributed by atoms with van der Waals surface area (Å²) in [6.45, 7) is 1.74. The monoisotopic (exact) mass is 257 g/mol. The van der Waals surface area contributed by atoms with Crippen LogP contribution < -0.4 is 10.2 Å². The molecule has 18 heavy (non-hydrogen) atoms. The molecule has 96 valence electrons. The first-order valence-electron chi connectivity index (χ1n) is 5.57. The summed E-state index contributed by atoms with van der Waals surface area (Å²) < 4.78 is 37.7. The zero-order valence-electron chi connectivity index (χ0n) is 9.29. The molecule has 0 spiro atoms. The molecule has 4 nitrogen and oxygen atoms in total. The number of Topliss-reactive ketones (excluding diaryl/α,β-unsaturated/α-hetero) is 1. The van der Waals surface area contributed by atoms with Crippen molar-refractivity contribution in [2.24, 2.45) is 0 Å². The summed E-state index contributed by atoms with van der Waals surface area (Å²) >= 11 is 0. The van der Waals surface area contributed by atoms with E-state index in [0.717, 1.165) is 12.3 Å². The van der Waals surface area contributed by atoms with Gasteiger partial charge in [0.2, 0.25) is 0 Å². The number of piperazine rings is 1. The molecule has 1 atom stereocenters. The average Bonchev–Trinajstić information content (AvgIpc) is 2.63. The van der Waals surface area contributed by atoms with E-state index in [4.69, 9.17) is 0 Å². The number of pyridine rings is 1. The highest BCUT2D eigenvalue weighted by atomic mass is 19.4. The van der Waals surface area contributed by atoms with Gasteiger partial charge in [-0.25, -0.2) is 4.98 Å². The smallest absolute Gasteiger partial charge is 0.343 e. The van der Waals surface area contributed by atoms with Gasteiger partial charge in [0.15, 0.2) is 5.78 Å². The van der Waals surface area contributed by atoms with E-state index in [2.05, 4.69) is 10.3 Å². The van der Waals surface area contributed by atoms with E-state index >= 15 is 0 Å². The van der Waals surface area contributed by atoms with Gasteiger partial charge in [-0.05, 0) is 6.07 Å². The fourth-order valence-corrected chi connectivity index (χ4v) is 2.39. The van der Waals surface area contributed by atoms with E-state index < -0.39 is 17.8 Å². The number of rotatable bonds is 0. The third-order valence-corrected chi connectivity index (χ3v) is 3.28. The Morgan fingerprint density at radius 2 is 2.22 bits per heavy atom. The topological polar surface area (TPSA) is 45.2 Å². The van der Waals surface area contributed by atoms with E-state index in [1.165, 1.54) is 0 Å². The maximum atomic E-state index is 12.6. The molecule has 1 saturated heterocycles. The molecular weight excluding hydrogens is 247 g/mol. The van der Waals surface area contributed by atoms with Crippen LogP contribution in [0, 0.1) is 0 Å². The van der Waals surface area contributed by atoms with Gasteiger partial charge in [0.1, 0.15) is 11.9 Å². The van der Waals surface area contributed by atoms with Crippen LogP contribution in [0.1, 0.15) is 15.9 Å². The van der Waals surface area contributed by atoms with Gasteiger partial charge in [0, 0.05) is 25.8 Å². The SMILES string of the molecule is O=C1c2cc(C(F)(F)F)cnc2N2CCNCC12. The number of ketones is 1. The van der Waals surface area contributed by atoms with Crippen molar-refractivity contribution in [3.63, 3.8) is 0 Å². The summed E-state index contributed by atoms with van der Waals surface area (Å²) in [5.74, 6) is 0.0929. The van der Waals surface area contributed by atoms with Crippen LogP contribution >= 0.6 is 0 Å². The van der Waals surface area contributed by atoms with Gasteiger partial charge in [0.25, 0.3) is 0 Å². The van der Waals surface area contributed by atoms with Crippen LogP contribution in [-0.4, -0.2) is 36.4 Å². The van der Waals surface area contributed by atoms with Crippen LogP contribution in [-0.2, 0) is 6.18 Å². The molecule has 0 bridgehead atoms. The lowest BCUT2D eigenvalue weighted by Crippen LogP contribution is -2.51. The molecule has 0 radical (unpaired) electrons. The van der Waals surface area contributed by atoms with Crippen LogP contribution in [0.15, 0.2) is 12.3 Å². The summed E-state index contributed by atoms with van der Waals surface area (Å²) in [5, 5.41) is 3.05. The van der Waals surface area contributed by atoms with Gasteiger partial charge in [-0.15, -0.1) is 0 Å². The predicted octanol–water partition coefficient (Wildman–Crippen LogP) is 1.07. The third kappa shape index (κ3) is 1.58. The third-order valence-electron chi connectivity index (χ3n) is 3.28. The van der Waals surface area contributed by atoms with Gasteiger partial charge < -0.3 is 10.2 Å². The fraction of sp³-hybridized carbons (Fsp3) is 0.455. The predicted molar refractivity (Wildman–Crippen MR) is 57.6 cm³/mol. The molecule has 0 aromatic carbocycles. The van der Waals surface area contributed by atoms with Crippen LogP contribution in [0.2, 0.25) is 0 Å². The molecule has 1 unspecified atom stereocenters. The maximum Gasteiger partial charge on any atom is 0.417 e. The second kappa shape index (κ2) is 3.68. The van der Waals surface area contributed by atoms with Gasteiger partial charge >= 0.3 is 6.18 Å². The quantitative estimate of drug-likeness (QED) is 0.755. The standard InChI is InChI=1S/C11H10F3N3O/c12-11(13,14)6-3-7-9(18)8-5-15-1-2-17(8)10(7)16-4-6/h3-4,8,15H,1-2,5H2. The lowest BCUT2D eigenvalue weighted by molar-refractivity contribution is -0.137. The van der Waals surface area contributed by atoms with Crippen molar-refractivity contribution in [2.75, 3.05) is 24.5 Å². The number of hydrogen-bond donors (Lipinski definition) is 1. The van der Waals surface area contributed by atoms with Crippen molar-refractivity contribution in [3.8, 4) is 0 Å². The number of hydrogen-bond acceptors (Lipinski definition) is 4. The molecule has 0 amide bonds. The summed E-state index contributed by atoms with van der Waals surface area (Å²) in [6, 6.07) is 0.493. The number of carbonyl (C=O) groups excluding carboxylic acids is 1. The number of nitrogens with zero attached hydrogens (tertiary/aromatic N) is 2. The lowest BCUT2D eigenvalue weighted by atomic mass is 10.1. The zero-order chi connectivity index (χ0) is 12.9. The maximum absolute atomic E-state index is 12.6. The van der Waals surface area contributed by atoms with Crippen molar-refractivity contribution >= 4 is 11.6 Å². The lowest BCUT2D eigenvalue weighted by Gasteiger charge is -2.30. The Kier molecular flexibility index (Phi) is 2.34. The Bertz CT molecular complexity index is 515. The van der Waals surface area contributed by atoms with Crippen LogP contribution in [0.3, 0.4) is 0 Å². The molecule has 3 heterocycles. The molecule has 0 aliphatic carbocycles. The van der Waals surface area contributed by atoms with E-state index in [1.807, 2.05) is 0 Å². The van der Waals surface area contributed by atoms with Crippen molar-refractivity contribution in [3.05, 3.63) is 23.4 Å². The minimum Gasteiger partial charge on any atom is -0.343 e. The van der Waals surface area contributed by atoms with Crippen molar-refractivity contribution in [1.29, 1.82) is 0 Å². The second-order valence-corrected chi connectivity index (χ2v) is 4.37. The highest BCUT2D eigenvalue weighted by molar-refractivity contribution is 6.10. The minimum atomic E-state index is -4.47. The first-order chi connectivity index (χ1) is 8.48. The van der Waals surface area contributed by atoms with Gasteiger partial charge in [0.05, 0.1) is 11.1 Å². The highest BCUT2D eigenvalue weighted by Gasteiger charge is 2.41. The summed E-state index contributed by atoms with van der Waals surface area (Å²) in [6.07, 6.45) is -3.68. The summed E-state index contributed by atoms with van der Waals surface area (Å²) in [7, 11) is 0. The van der Waals surface area contributed by atoms with E-state index in [0.29, 0.717) is 25.5 Å². The number of anilines is 1. The molecule has 1 N–H and O–H groups in total. The molecule has 1 aromatic heterocycles. The number of fused-ring (bicyclic) bond motifs is 3. The molecular formula is C11H10F3N3O. The molecule has 3 rings (SSSR count). The Morgan fingerprint density at radius 1 is 1.44 bits per heavy atom. The van der Waals surface area contributed by atoms with Crippen molar-refractivity contribution in [2.45, 2.75) is 12.2 Å². The second-order valence-electron chi connectivity index (χ2n) is 4.37. The fourth-order valence-electron chi connectivity index (χ4n) is 2.39. The average molecular weight is 257 g/mol. The van der Waals surface area contributed by atoms with Crippen LogP contribution in [0.5, 0.6) is 0 Å². The first kappa shape index (κ1) is 11.5. The molecule has 7 heteroatoms. The van der Waals surface area contributed by atoms with Crippen molar-refractivity contribution < 1.29 is 18.0 Å². The molecule has 1 aromatic rings. The Hall–Kier alpha value is -1.63. The van der Waals surface area contributed by atoms with E-state index in [9.17, 15) is 18.0 Å². The van der Waals surface area contributed by atoms with Crippen LogP contribution in [0.4, 0.5) is 19.0 Å². The molecule has 1 fully saturated rings. The van der Waals surface area contributed by atoms with E-state index in [-0.39, 0.29) is 11.3 Å². The first-order valence-corrected chi connectivity index (χ1v) is 5.57. The van der Waals surface area contributed by atoms with E-state index in [1.54, 1.807) is 4.90 Å². The number of aromatic nitrogens is 1.